The van der Waals surface area contributed by atoms with E-state index in [1.54, 1.807) is 0 Å². The zero-order valence-electron chi connectivity index (χ0n) is 14.3. The highest BCUT2D eigenvalue weighted by Crippen LogP contribution is 2.28. The van der Waals surface area contributed by atoms with Crippen LogP contribution in [-0.2, 0) is 0 Å². The number of hydrogen-bond donors (Lipinski definition) is 2. The molecule has 0 radical (unpaired) electrons. The van der Waals surface area contributed by atoms with Crippen molar-refractivity contribution in [3.63, 3.8) is 0 Å². The summed E-state index contributed by atoms with van der Waals surface area (Å²) in [4.78, 5) is 15.5. The molecule has 1 heterocycles. The van der Waals surface area contributed by atoms with Gasteiger partial charge >= 0.3 is 6.03 Å². The molecule has 1 saturated heterocycles. The van der Waals surface area contributed by atoms with Crippen LogP contribution >= 0.6 is 11.8 Å². The molecule has 1 fully saturated rings. The van der Waals surface area contributed by atoms with Gasteiger partial charge in [0.15, 0.2) is 0 Å². The Morgan fingerprint density at radius 1 is 1.52 bits per heavy atom. The minimum Gasteiger partial charge on any atom is -0.396 e. The largest absolute Gasteiger partial charge is 0.396 e. The second-order valence-corrected chi connectivity index (χ2v) is 7.89. The maximum atomic E-state index is 12.4. The molecule has 1 aromatic rings. The molecule has 0 aromatic heterocycles. The van der Waals surface area contributed by atoms with Crippen molar-refractivity contribution in [1.29, 1.82) is 0 Å². The van der Waals surface area contributed by atoms with Crippen LogP contribution in [0.3, 0.4) is 0 Å². The van der Waals surface area contributed by atoms with E-state index >= 15 is 0 Å². The monoisotopic (exact) mass is 336 g/mol. The number of nitrogens with one attached hydrogen (secondary N) is 1. The summed E-state index contributed by atoms with van der Waals surface area (Å²) in [5.41, 5.74) is 1.96. The van der Waals surface area contributed by atoms with Crippen molar-refractivity contribution in [1.82, 2.24) is 4.90 Å². The Morgan fingerprint density at radius 3 is 2.96 bits per heavy atom. The van der Waals surface area contributed by atoms with Crippen molar-refractivity contribution in [3.8, 4) is 0 Å². The highest BCUT2D eigenvalue weighted by atomic mass is 32.2. The summed E-state index contributed by atoms with van der Waals surface area (Å²) in [5.74, 6) is 0.213. The Bertz CT molecular complexity index is 536. The summed E-state index contributed by atoms with van der Waals surface area (Å²) >= 11 is 1.87. The third kappa shape index (κ3) is 5.15. The number of benzene rings is 1. The van der Waals surface area contributed by atoms with Gasteiger partial charge < -0.3 is 15.3 Å². The summed E-state index contributed by atoms with van der Waals surface area (Å²) in [6.07, 6.45) is 3.10. The van der Waals surface area contributed by atoms with Crippen LogP contribution in [0.4, 0.5) is 10.5 Å². The van der Waals surface area contributed by atoms with E-state index in [4.69, 9.17) is 0 Å². The molecule has 2 unspecified atom stereocenters. The molecule has 2 amide bonds. The first-order chi connectivity index (χ1) is 11.0. The number of urea groups is 1. The zero-order valence-corrected chi connectivity index (χ0v) is 15.2. The number of likely N-dealkylation sites (tertiary alicyclic amines) is 1. The molecule has 1 aromatic carbocycles. The number of thioether (sulfide) groups is 1. The van der Waals surface area contributed by atoms with E-state index < -0.39 is 0 Å². The summed E-state index contributed by atoms with van der Waals surface area (Å²) in [7, 11) is 0. The van der Waals surface area contributed by atoms with Crippen molar-refractivity contribution in [2.45, 2.75) is 50.2 Å². The van der Waals surface area contributed by atoms with Crippen LogP contribution in [0.15, 0.2) is 23.1 Å². The molecule has 2 rings (SSSR count). The third-order valence-corrected chi connectivity index (χ3v) is 5.68. The summed E-state index contributed by atoms with van der Waals surface area (Å²) < 4.78 is 0. The standard InChI is InChI=1S/C18H28N2O2S/c1-4-14(3)23-16-7-8-17(13(2)10-16)19-18(22)20-9-5-6-15(11-20)12-21/h7-8,10,14-15,21H,4-6,9,11-12H2,1-3H3,(H,19,22). The lowest BCUT2D eigenvalue weighted by molar-refractivity contribution is 0.136. The number of piperidine rings is 1. The fraction of sp³-hybridized carbons (Fsp3) is 0.611. The number of carbonyl (C=O) groups excluding carboxylic acids is 1. The number of aliphatic hydroxyl groups excluding tert-OH is 1. The first kappa shape index (κ1) is 18.1. The predicted octanol–water partition coefficient (Wildman–Crippen LogP) is 4.12. The molecule has 1 aliphatic rings. The van der Waals surface area contributed by atoms with Crippen LogP contribution in [0.2, 0.25) is 0 Å². The van der Waals surface area contributed by atoms with Crippen molar-refractivity contribution >= 4 is 23.5 Å². The molecule has 0 bridgehead atoms. The number of nitrogens with zero attached hydrogens (tertiary/aromatic N) is 1. The molecule has 2 atom stereocenters. The van der Waals surface area contributed by atoms with Gasteiger partial charge in [0, 0.05) is 35.5 Å². The Morgan fingerprint density at radius 2 is 2.30 bits per heavy atom. The van der Waals surface area contributed by atoms with Gasteiger partial charge in [-0.2, -0.15) is 0 Å². The number of aliphatic hydroxyl groups is 1. The van der Waals surface area contributed by atoms with E-state index in [0.717, 1.165) is 37.1 Å². The van der Waals surface area contributed by atoms with Gasteiger partial charge in [-0.1, -0.05) is 13.8 Å². The van der Waals surface area contributed by atoms with Crippen LogP contribution in [0, 0.1) is 12.8 Å². The fourth-order valence-electron chi connectivity index (χ4n) is 2.76. The van der Waals surface area contributed by atoms with E-state index in [0.29, 0.717) is 11.8 Å². The van der Waals surface area contributed by atoms with Gasteiger partial charge in [-0.25, -0.2) is 4.79 Å². The lowest BCUT2D eigenvalue weighted by Crippen LogP contribution is -2.43. The molecule has 4 nitrogen and oxygen atoms in total. The minimum absolute atomic E-state index is 0.0615. The average molecular weight is 337 g/mol. The first-order valence-corrected chi connectivity index (χ1v) is 9.35. The molecular weight excluding hydrogens is 308 g/mol. The van der Waals surface area contributed by atoms with E-state index in [-0.39, 0.29) is 18.6 Å². The van der Waals surface area contributed by atoms with Crippen molar-refractivity contribution in [3.05, 3.63) is 23.8 Å². The van der Waals surface area contributed by atoms with E-state index in [1.165, 1.54) is 4.90 Å². The second-order valence-electron chi connectivity index (χ2n) is 6.38. The molecule has 2 N–H and O–H groups in total. The Balaban J connectivity index is 1.98. The number of carbonyl (C=O) groups is 1. The van der Waals surface area contributed by atoms with E-state index in [1.807, 2.05) is 29.7 Å². The van der Waals surface area contributed by atoms with Gasteiger partial charge in [-0.05, 0) is 55.9 Å². The van der Waals surface area contributed by atoms with Gasteiger partial charge in [0.1, 0.15) is 0 Å². The van der Waals surface area contributed by atoms with Crippen LogP contribution in [0.1, 0.15) is 38.7 Å². The van der Waals surface area contributed by atoms with Crippen molar-refractivity contribution in [2.24, 2.45) is 5.92 Å². The number of amides is 2. The number of anilines is 1. The molecule has 0 saturated carbocycles. The number of hydrogen-bond acceptors (Lipinski definition) is 3. The van der Waals surface area contributed by atoms with Gasteiger partial charge in [-0.15, -0.1) is 11.8 Å². The molecule has 5 heteroatoms. The molecule has 0 aliphatic carbocycles. The average Bonchev–Trinajstić information content (AvgIpc) is 2.57. The highest BCUT2D eigenvalue weighted by Gasteiger charge is 2.23. The lowest BCUT2D eigenvalue weighted by atomic mass is 9.99. The Labute approximate surface area is 143 Å². The number of aryl methyl sites for hydroxylation is 1. The molecular formula is C18H28N2O2S. The van der Waals surface area contributed by atoms with Gasteiger partial charge in [-0.3, -0.25) is 0 Å². The molecule has 0 spiro atoms. The Hall–Kier alpha value is -1.20. The summed E-state index contributed by atoms with van der Waals surface area (Å²) in [5, 5.41) is 12.9. The Kier molecular flexibility index (Phi) is 6.78. The minimum atomic E-state index is -0.0615. The predicted molar refractivity (Wildman–Crippen MR) is 97.2 cm³/mol. The maximum absolute atomic E-state index is 12.4. The fourth-order valence-corrected chi connectivity index (χ4v) is 3.78. The second kappa shape index (κ2) is 8.60. The SMILES string of the molecule is CCC(C)Sc1ccc(NC(=O)N2CCCC(CO)C2)c(C)c1. The summed E-state index contributed by atoms with van der Waals surface area (Å²) in [6, 6.07) is 6.14. The first-order valence-electron chi connectivity index (χ1n) is 8.47. The quantitative estimate of drug-likeness (QED) is 0.795. The van der Waals surface area contributed by atoms with Crippen molar-refractivity contribution in [2.75, 3.05) is 25.0 Å². The van der Waals surface area contributed by atoms with Crippen LogP contribution < -0.4 is 5.32 Å². The van der Waals surface area contributed by atoms with Gasteiger partial charge in [0.2, 0.25) is 0 Å². The van der Waals surface area contributed by atoms with E-state index in [2.05, 4.69) is 31.3 Å². The molecule has 23 heavy (non-hydrogen) atoms. The van der Waals surface area contributed by atoms with Crippen molar-refractivity contribution < 1.29 is 9.90 Å². The maximum Gasteiger partial charge on any atom is 0.321 e. The zero-order chi connectivity index (χ0) is 16.8. The topological polar surface area (TPSA) is 52.6 Å². The van der Waals surface area contributed by atoms with Gasteiger partial charge in [0.05, 0.1) is 0 Å². The highest BCUT2D eigenvalue weighted by molar-refractivity contribution is 7.99. The normalized spacial score (nSPS) is 19.5. The van der Waals surface area contributed by atoms with Crippen LogP contribution in [-0.4, -0.2) is 41.0 Å². The third-order valence-electron chi connectivity index (χ3n) is 4.42. The van der Waals surface area contributed by atoms with Crippen LogP contribution in [0.5, 0.6) is 0 Å². The lowest BCUT2D eigenvalue weighted by Gasteiger charge is -2.32. The molecule has 128 valence electrons. The van der Waals surface area contributed by atoms with Gasteiger partial charge in [0.25, 0.3) is 0 Å². The molecule has 1 aliphatic heterocycles. The van der Waals surface area contributed by atoms with E-state index in [9.17, 15) is 9.90 Å². The van der Waals surface area contributed by atoms with Crippen LogP contribution in [0.25, 0.3) is 0 Å². The smallest absolute Gasteiger partial charge is 0.321 e. The summed E-state index contributed by atoms with van der Waals surface area (Å²) in [6.45, 7) is 8.01. The number of rotatable bonds is 5.